The van der Waals surface area contributed by atoms with Crippen molar-refractivity contribution < 1.29 is 26.4 Å². The molecule has 0 fully saturated rings. The molecule has 4 rings (SSSR count). The maximum absolute atomic E-state index is 11.5. The van der Waals surface area contributed by atoms with Crippen LogP contribution in [0, 0.1) is 0 Å². The van der Waals surface area contributed by atoms with Crippen molar-refractivity contribution in [2.24, 2.45) is 0 Å². The SMILES string of the molecule is C[C@H](N/C=C1/C=CC=CC1=O)c1ccccc1.C[C@H](N/C=C1\C=CC=CC1=O)c1ccccc1.[Co]. The van der Waals surface area contributed by atoms with Crippen LogP contribution in [0.1, 0.15) is 37.1 Å². The smallest absolute Gasteiger partial charge is 0.187 e. The van der Waals surface area contributed by atoms with Crippen molar-refractivity contribution in [3.05, 3.63) is 144 Å². The summed E-state index contributed by atoms with van der Waals surface area (Å²) in [6.45, 7) is 4.14. The minimum atomic E-state index is 0. The molecule has 0 aromatic heterocycles. The van der Waals surface area contributed by atoms with E-state index in [1.165, 1.54) is 11.1 Å². The van der Waals surface area contributed by atoms with Gasteiger partial charge in [0.1, 0.15) is 0 Å². The second kappa shape index (κ2) is 14.6. The third kappa shape index (κ3) is 8.89. The first-order chi connectivity index (χ1) is 16.5. The summed E-state index contributed by atoms with van der Waals surface area (Å²) in [5.74, 6) is 0.0838. The van der Waals surface area contributed by atoms with E-state index in [-0.39, 0.29) is 40.4 Å². The fraction of sp³-hybridized carbons (Fsp3) is 0.133. The van der Waals surface area contributed by atoms with Crippen LogP contribution in [0.5, 0.6) is 0 Å². The molecule has 0 spiro atoms. The van der Waals surface area contributed by atoms with E-state index >= 15 is 0 Å². The van der Waals surface area contributed by atoms with Gasteiger partial charge in [-0.25, -0.2) is 0 Å². The zero-order valence-corrected chi connectivity index (χ0v) is 20.9. The zero-order valence-electron chi connectivity index (χ0n) is 19.9. The van der Waals surface area contributed by atoms with Crippen LogP contribution in [0.4, 0.5) is 0 Å². The number of benzene rings is 2. The van der Waals surface area contributed by atoms with Crippen molar-refractivity contribution in [2.45, 2.75) is 25.9 Å². The summed E-state index contributed by atoms with van der Waals surface area (Å²) in [5, 5.41) is 6.46. The predicted octanol–water partition coefficient (Wildman–Crippen LogP) is 5.83. The quantitative estimate of drug-likeness (QED) is 0.481. The van der Waals surface area contributed by atoms with Gasteiger partial charge in [-0.05, 0) is 49.3 Å². The summed E-state index contributed by atoms with van der Waals surface area (Å²) in [7, 11) is 0. The average Bonchev–Trinajstić information content (AvgIpc) is 2.89. The fourth-order valence-corrected chi connectivity index (χ4v) is 3.30. The van der Waals surface area contributed by atoms with Gasteiger partial charge in [-0.1, -0.05) is 85.0 Å². The number of nitrogens with one attached hydrogen (secondary N) is 2. The molecular weight excluding hydrogens is 479 g/mol. The van der Waals surface area contributed by atoms with Crippen molar-refractivity contribution in [3.8, 4) is 0 Å². The molecule has 2 aliphatic carbocycles. The Morgan fingerprint density at radius 1 is 0.571 bits per heavy atom. The molecule has 0 unspecified atom stereocenters. The van der Waals surface area contributed by atoms with Gasteiger partial charge < -0.3 is 10.6 Å². The molecule has 0 amide bonds. The summed E-state index contributed by atoms with van der Waals surface area (Å²) in [6, 6.07) is 20.7. The standard InChI is InChI=1S/2C15H15NO.Co/c2*1-12(13-7-3-2-4-8-13)16-11-14-9-5-6-10-15(14)17;/h2*2-12,16H,1H3;/b14-11+;14-11-;/t2*12-;/m00./s1. The first kappa shape index (κ1) is 27.6. The van der Waals surface area contributed by atoms with Crippen molar-refractivity contribution in [3.63, 3.8) is 0 Å². The normalized spacial score (nSPS) is 17.9. The van der Waals surface area contributed by atoms with Crippen LogP contribution in [-0.2, 0) is 26.4 Å². The minimum Gasteiger partial charge on any atom is -0.384 e. The monoisotopic (exact) mass is 509 g/mol. The van der Waals surface area contributed by atoms with Gasteiger partial charge in [0.15, 0.2) is 11.6 Å². The Morgan fingerprint density at radius 3 is 1.26 bits per heavy atom. The molecule has 0 aliphatic heterocycles. The maximum Gasteiger partial charge on any atom is 0.187 e. The van der Waals surface area contributed by atoms with Gasteiger partial charge in [0.2, 0.25) is 0 Å². The van der Waals surface area contributed by atoms with Crippen molar-refractivity contribution >= 4 is 11.6 Å². The van der Waals surface area contributed by atoms with Crippen LogP contribution < -0.4 is 10.6 Å². The summed E-state index contributed by atoms with van der Waals surface area (Å²) in [5.41, 5.74) is 3.78. The summed E-state index contributed by atoms with van der Waals surface area (Å²) >= 11 is 0. The third-order valence-electron chi connectivity index (χ3n) is 5.41. The second-order valence-corrected chi connectivity index (χ2v) is 7.96. The molecule has 181 valence electrons. The van der Waals surface area contributed by atoms with Gasteiger partial charge in [-0.3, -0.25) is 9.59 Å². The average molecular weight is 510 g/mol. The Hall–Kier alpha value is -3.67. The number of ketones is 2. The van der Waals surface area contributed by atoms with E-state index in [9.17, 15) is 9.59 Å². The van der Waals surface area contributed by atoms with Gasteiger partial charge in [-0.15, -0.1) is 0 Å². The molecule has 1 radical (unpaired) electrons. The summed E-state index contributed by atoms with van der Waals surface area (Å²) < 4.78 is 0. The van der Waals surface area contributed by atoms with Gasteiger partial charge in [0, 0.05) is 52.4 Å². The predicted molar refractivity (Wildman–Crippen MR) is 139 cm³/mol. The molecule has 2 atom stereocenters. The molecule has 4 nitrogen and oxygen atoms in total. The molecule has 2 aromatic rings. The molecule has 2 N–H and O–H groups in total. The molecule has 0 saturated heterocycles. The van der Waals surface area contributed by atoms with Crippen LogP contribution in [0.3, 0.4) is 0 Å². The molecule has 0 bridgehead atoms. The van der Waals surface area contributed by atoms with Gasteiger partial charge in [0.25, 0.3) is 0 Å². The number of carbonyl (C=O) groups is 2. The summed E-state index contributed by atoms with van der Waals surface area (Å²) in [6.07, 6.45) is 17.5. The van der Waals surface area contributed by atoms with Crippen LogP contribution in [-0.4, -0.2) is 11.6 Å². The van der Waals surface area contributed by atoms with E-state index in [0.717, 1.165) is 0 Å². The number of allylic oxidation sites excluding steroid dienone is 10. The zero-order chi connectivity index (χ0) is 24.2. The molecular formula is C30H30CoN2O2. The summed E-state index contributed by atoms with van der Waals surface area (Å²) in [4.78, 5) is 23.0. The Bertz CT molecular complexity index is 1070. The second-order valence-electron chi connectivity index (χ2n) is 7.96. The van der Waals surface area contributed by atoms with E-state index in [4.69, 9.17) is 0 Å². The van der Waals surface area contributed by atoms with Crippen molar-refractivity contribution in [2.75, 3.05) is 0 Å². The van der Waals surface area contributed by atoms with Crippen LogP contribution in [0.2, 0.25) is 0 Å². The van der Waals surface area contributed by atoms with Crippen LogP contribution in [0.15, 0.2) is 133 Å². The van der Waals surface area contributed by atoms with E-state index in [1.807, 2.05) is 60.7 Å². The Balaban J connectivity index is 0.000000240. The maximum atomic E-state index is 11.5. The Labute approximate surface area is 218 Å². The first-order valence-corrected chi connectivity index (χ1v) is 11.3. The van der Waals surface area contributed by atoms with E-state index in [2.05, 4.69) is 48.7 Å². The fourth-order valence-electron chi connectivity index (χ4n) is 3.30. The van der Waals surface area contributed by atoms with Crippen molar-refractivity contribution in [1.82, 2.24) is 10.6 Å². The number of hydrogen-bond acceptors (Lipinski definition) is 4. The van der Waals surface area contributed by atoms with Crippen molar-refractivity contribution in [1.29, 1.82) is 0 Å². The largest absolute Gasteiger partial charge is 0.384 e. The first-order valence-electron chi connectivity index (χ1n) is 11.3. The molecule has 5 heteroatoms. The Kier molecular flexibility index (Phi) is 11.5. The number of hydrogen-bond donors (Lipinski definition) is 2. The van der Waals surface area contributed by atoms with E-state index < -0.39 is 0 Å². The topological polar surface area (TPSA) is 58.2 Å². The van der Waals surface area contributed by atoms with Gasteiger partial charge >= 0.3 is 0 Å². The molecule has 0 heterocycles. The number of carbonyl (C=O) groups excluding carboxylic acids is 2. The Morgan fingerprint density at radius 2 is 0.914 bits per heavy atom. The minimum absolute atomic E-state index is 0. The van der Waals surface area contributed by atoms with Gasteiger partial charge in [-0.2, -0.15) is 0 Å². The van der Waals surface area contributed by atoms with E-state index in [1.54, 1.807) is 36.7 Å². The van der Waals surface area contributed by atoms with Gasteiger partial charge in [0.05, 0.1) is 0 Å². The van der Waals surface area contributed by atoms with E-state index in [0.29, 0.717) is 11.1 Å². The molecule has 2 aliphatic rings. The molecule has 35 heavy (non-hydrogen) atoms. The molecule has 0 saturated carbocycles. The number of rotatable bonds is 6. The molecule has 2 aromatic carbocycles. The third-order valence-corrected chi connectivity index (χ3v) is 5.41. The van der Waals surface area contributed by atoms with Crippen LogP contribution >= 0.6 is 0 Å². The van der Waals surface area contributed by atoms with Crippen LogP contribution in [0.25, 0.3) is 0 Å².